The first-order chi connectivity index (χ1) is 9.85. The molecule has 20 heavy (non-hydrogen) atoms. The molecule has 0 spiro atoms. The maximum absolute atomic E-state index is 5.24. The Kier molecular flexibility index (Phi) is 4.08. The molecule has 0 radical (unpaired) electrons. The fourth-order valence-corrected chi connectivity index (χ4v) is 2.42. The van der Waals surface area contributed by atoms with E-state index < -0.39 is 0 Å². The Hall–Kier alpha value is -1.73. The monoisotopic (exact) mass is 278 g/mol. The van der Waals surface area contributed by atoms with Crippen molar-refractivity contribution in [2.45, 2.75) is 25.9 Å². The zero-order valence-electron chi connectivity index (χ0n) is 11.5. The van der Waals surface area contributed by atoms with Gasteiger partial charge in [-0.05, 0) is 31.8 Å². The van der Waals surface area contributed by atoms with Gasteiger partial charge in [0.2, 0.25) is 0 Å². The molecule has 0 saturated carbocycles. The predicted octanol–water partition coefficient (Wildman–Crippen LogP) is 1.41. The Bertz CT molecular complexity index is 545. The Morgan fingerprint density at radius 1 is 1.40 bits per heavy atom. The summed E-state index contributed by atoms with van der Waals surface area (Å²) < 4.78 is 15.3. The third-order valence-electron chi connectivity index (χ3n) is 3.40. The van der Waals surface area contributed by atoms with Gasteiger partial charge in [-0.1, -0.05) is 10.3 Å². The quantitative estimate of drug-likeness (QED) is 0.884. The summed E-state index contributed by atoms with van der Waals surface area (Å²) >= 11 is 0. The molecule has 1 fully saturated rings. The van der Waals surface area contributed by atoms with E-state index in [2.05, 4.69) is 20.6 Å². The molecular weight excluding hydrogens is 260 g/mol. The SMILES string of the molecule is COCc1cc(-c2nc(CC3CCCNC3)no2)no1. The summed E-state index contributed by atoms with van der Waals surface area (Å²) in [7, 11) is 1.60. The van der Waals surface area contributed by atoms with E-state index in [0.29, 0.717) is 29.9 Å². The molecule has 1 unspecified atom stereocenters. The molecule has 0 aromatic carbocycles. The minimum Gasteiger partial charge on any atom is -0.377 e. The number of aromatic nitrogens is 3. The Morgan fingerprint density at radius 3 is 3.15 bits per heavy atom. The molecule has 108 valence electrons. The normalized spacial score (nSPS) is 19.4. The van der Waals surface area contributed by atoms with Gasteiger partial charge >= 0.3 is 0 Å². The average molecular weight is 278 g/mol. The van der Waals surface area contributed by atoms with Gasteiger partial charge in [0.25, 0.3) is 5.89 Å². The molecule has 1 N–H and O–H groups in total. The van der Waals surface area contributed by atoms with Crippen LogP contribution < -0.4 is 5.32 Å². The molecular formula is C13H18N4O3. The first-order valence-corrected chi connectivity index (χ1v) is 6.83. The van der Waals surface area contributed by atoms with E-state index in [9.17, 15) is 0 Å². The van der Waals surface area contributed by atoms with Crippen LogP contribution in [0.25, 0.3) is 11.6 Å². The van der Waals surface area contributed by atoms with Crippen LogP contribution in [0.1, 0.15) is 24.4 Å². The Labute approximate surface area is 116 Å². The maximum atomic E-state index is 5.24. The van der Waals surface area contributed by atoms with Crippen molar-refractivity contribution in [1.82, 2.24) is 20.6 Å². The van der Waals surface area contributed by atoms with E-state index in [1.54, 1.807) is 13.2 Å². The van der Waals surface area contributed by atoms with Crippen molar-refractivity contribution in [3.63, 3.8) is 0 Å². The first-order valence-electron chi connectivity index (χ1n) is 6.83. The highest BCUT2D eigenvalue weighted by molar-refractivity contribution is 5.45. The average Bonchev–Trinajstić information content (AvgIpc) is 3.10. The minimum absolute atomic E-state index is 0.377. The highest BCUT2D eigenvalue weighted by atomic mass is 16.5. The van der Waals surface area contributed by atoms with Crippen molar-refractivity contribution in [2.75, 3.05) is 20.2 Å². The zero-order valence-corrected chi connectivity index (χ0v) is 11.5. The van der Waals surface area contributed by atoms with Crippen molar-refractivity contribution < 1.29 is 13.8 Å². The van der Waals surface area contributed by atoms with Crippen molar-refractivity contribution in [3.05, 3.63) is 17.7 Å². The fourth-order valence-electron chi connectivity index (χ4n) is 2.42. The summed E-state index contributed by atoms with van der Waals surface area (Å²) in [5.41, 5.74) is 0.553. The van der Waals surface area contributed by atoms with Gasteiger partial charge in [0.15, 0.2) is 17.3 Å². The van der Waals surface area contributed by atoms with E-state index >= 15 is 0 Å². The lowest BCUT2D eigenvalue weighted by Crippen LogP contribution is -2.31. The van der Waals surface area contributed by atoms with Gasteiger partial charge in [-0.2, -0.15) is 4.98 Å². The molecule has 2 aromatic rings. The summed E-state index contributed by atoms with van der Waals surface area (Å²) in [5, 5.41) is 11.3. The Morgan fingerprint density at radius 2 is 2.35 bits per heavy atom. The second kappa shape index (κ2) is 6.15. The van der Waals surface area contributed by atoms with Crippen LogP contribution in [0.4, 0.5) is 0 Å². The van der Waals surface area contributed by atoms with Crippen molar-refractivity contribution >= 4 is 0 Å². The van der Waals surface area contributed by atoms with Crippen LogP contribution in [0.15, 0.2) is 15.1 Å². The summed E-state index contributed by atoms with van der Waals surface area (Å²) in [5.74, 6) is 2.34. The summed E-state index contributed by atoms with van der Waals surface area (Å²) in [6.45, 7) is 2.50. The number of rotatable bonds is 5. The van der Waals surface area contributed by atoms with E-state index in [1.165, 1.54) is 12.8 Å². The number of nitrogens with one attached hydrogen (secondary N) is 1. The van der Waals surface area contributed by atoms with E-state index in [0.717, 1.165) is 25.3 Å². The van der Waals surface area contributed by atoms with Gasteiger partial charge in [0.1, 0.15) is 6.61 Å². The smallest absolute Gasteiger partial charge is 0.280 e. The molecule has 1 saturated heterocycles. The third-order valence-corrected chi connectivity index (χ3v) is 3.40. The Balaban J connectivity index is 1.65. The second-order valence-electron chi connectivity index (χ2n) is 5.04. The van der Waals surface area contributed by atoms with E-state index in [-0.39, 0.29) is 0 Å². The van der Waals surface area contributed by atoms with Crippen molar-refractivity contribution in [1.29, 1.82) is 0 Å². The topological polar surface area (TPSA) is 86.2 Å². The van der Waals surface area contributed by atoms with Crippen LogP contribution in [-0.4, -0.2) is 35.5 Å². The highest BCUT2D eigenvalue weighted by Gasteiger charge is 2.18. The first kappa shape index (κ1) is 13.3. The second-order valence-corrected chi connectivity index (χ2v) is 5.04. The molecule has 0 bridgehead atoms. The molecule has 7 nitrogen and oxygen atoms in total. The van der Waals surface area contributed by atoms with Crippen LogP contribution in [0.3, 0.4) is 0 Å². The zero-order chi connectivity index (χ0) is 13.8. The molecule has 1 aliphatic rings. The summed E-state index contributed by atoms with van der Waals surface area (Å²) in [6, 6.07) is 1.75. The molecule has 1 atom stereocenters. The van der Waals surface area contributed by atoms with Crippen molar-refractivity contribution in [3.8, 4) is 11.6 Å². The lowest BCUT2D eigenvalue weighted by atomic mass is 9.96. The number of hydrogen-bond donors (Lipinski definition) is 1. The number of nitrogens with zero attached hydrogens (tertiary/aromatic N) is 3. The van der Waals surface area contributed by atoms with Crippen LogP contribution in [0.5, 0.6) is 0 Å². The number of hydrogen-bond acceptors (Lipinski definition) is 7. The number of ether oxygens (including phenoxy) is 1. The van der Waals surface area contributed by atoms with E-state index in [1.807, 2.05) is 0 Å². The lowest BCUT2D eigenvalue weighted by Gasteiger charge is -2.20. The van der Waals surface area contributed by atoms with Gasteiger partial charge in [-0.25, -0.2) is 0 Å². The fraction of sp³-hybridized carbons (Fsp3) is 0.615. The molecule has 3 rings (SSSR count). The molecule has 0 amide bonds. The minimum atomic E-state index is 0.377. The summed E-state index contributed by atoms with van der Waals surface area (Å²) in [6.07, 6.45) is 3.25. The number of piperidine rings is 1. The lowest BCUT2D eigenvalue weighted by molar-refractivity contribution is 0.156. The van der Waals surface area contributed by atoms with Gasteiger partial charge in [-0.15, -0.1) is 0 Å². The molecule has 1 aliphatic heterocycles. The van der Waals surface area contributed by atoms with Gasteiger partial charge in [0, 0.05) is 19.6 Å². The predicted molar refractivity (Wildman–Crippen MR) is 69.8 cm³/mol. The molecule has 2 aromatic heterocycles. The third kappa shape index (κ3) is 3.05. The van der Waals surface area contributed by atoms with Crippen LogP contribution in [0.2, 0.25) is 0 Å². The standard InChI is InChI=1S/C13H18N4O3/c1-18-8-10-6-11(16-19-10)13-15-12(17-20-13)5-9-3-2-4-14-7-9/h6,9,14H,2-5,7-8H2,1H3. The largest absolute Gasteiger partial charge is 0.377 e. The van der Waals surface area contributed by atoms with Crippen LogP contribution in [-0.2, 0) is 17.8 Å². The van der Waals surface area contributed by atoms with E-state index in [4.69, 9.17) is 13.8 Å². The van der Waals surface area contributed by atoms with Crippen LogP contribution >= 0.6 is 0 Å². The van der Waals surface area contributed by atoms with Gasteiger partial charge in [0.05, 0.1) is 0 Å². The molecule has 7 heteroatoms. The maximum Gasteiger partial charge on any atom is 0.280 e. The molecule has 0 aliphatic carbocycles. The van der Waals surface area contributed by atoms with Gasteiger partial charge < -0.3 is 19.1 Å². The number of methoxy groups -OCH3 is 1. The molecule has 3 heterocycles. The van der Waals surface area contributed by atoms with Crippen molar-refractivity contribution in [2.24, 2.45) is 5.92 Å². The van der Waals surface area contributed by atoms with Gasteiger partial charge in [-0.3, -0.25) is 0 Å². The summed E-state index contributed by atoms with van der Waals surface area (Å²) in [4.78, 5) is 4.38. The highest BCUT2D eigenvalue weighted by Crippen LogP contribution is 2.20. The van der Waals surface area contributed by atoms with Crippen LogP contribution in [0, 0.1) is 5.92 Å².